The van der Waals surface area contributed by atoms with Gasteiger partial charge in [-0.15, -0.1) is 11.8 Å². The predicted molar refractivity (Wildman–Crippen MR) is 122 cm³/mol. The first-order valence-electron chi connectivity index (χ1n) is 11.2. The van der Waals surface area contributed by atoms with Crippen molar-refractivity contribution in [2.75, 3.05) is 33.0 Å². The highest BCUT2D eigenvalue weighted by atomic mass is 32.2. The van der Waals surface area contributed by atoms with Crippen LogP contribution in [0.5, 0.6) is 5.75 Å². The Hall–Kier alpha value is -2.81. The average Bonchev–Trinajstić information content (AvgIpc) is 3.41. The molecule has 2 aliphatic rings. The molecule has 0 heterocycles. The zero-order valence-corrected chi connectivity index (χ0v) is 19.9. The van der Waals surface area contributed by atoms with Crippen LogP contribution in [0.15, 0.2) is 24.3 Å². The monoisotopic (exact) mass is 494 g/mol. The fourth-order valence-electron chi connectivity index (χ4n) is 3.90. The van der Waals surface area contributed by atoms with Crippen LogP contribution in [0, 0.1) is 36.5 Å². The minimum atomic E-state index is -4.07. The van der Waals surface area contributed by atoms with Crippen LogP contribution in [0.2, 0.25) is 0 Å². The highest BCUT2D eigenvalue weighted by Crippen LogP contribution is 2.52. The van der Waals surface area contributed by atoms with Crippen molar-refractivity contribution >= 4 is 22.5 Å². The van der Waals surface area contributed by atoms with Crippen molar-refractivity contribution in [3.05, 3.63) is 29.8 Å². The molecular formula is C23H30N2O8S. The largest absolute Gasteiger partial charge is 0.513 e. The molecule has 34 heavy (non-hydrogen) atoms. The van der Waals surface area contributed by atoms with Crippen molar-refractivity contribution in [2.24, 2.45) is 17.8 Å². The van der Waals surface area contributed by atoms with Crippen LogP contribution in [0.1, 0.15) is 31.2 Å². The number of aryl methyl sites for hydroxylation is 1. The normalized spacial score (nSPS) is 21.0. The van der Waals surface area contributed by atoms with E-state index in [0.29, 0.717) is 17.6 Å². The molecule has 0 unspecified atom stereocenters. The van der Waals surface area contributed by atoms with Crippen LogP contribution in [0.25, 0.3) is 0 Å². The number of carbonyl (C=O) groups excluding carboxylic acids is 2. The highest BCUT2D eigenvalue weighted by molar-refractivity contribution is 7.88. The van der Waals surface area contributed by atoms with Gasteiger partial charge in [0.1, 0.15) is 12.4 Å². The third kappa shape index (κ3) is 8.85. The molecule has 2 aliphatic carbocycles. The standard InChI is InChI=1S/C23H30N2O8S/c1-17-8-10-18(11-9-17)33-23(27)31-15-14-30-13-12-24-34(28,29)25-22(26)32-16-21-19-6-4-2-3-5-7-20(19)21/h8-11,19-21,24H,4-7,12-16H2,1H3,(H,25,26)/t19-,20+,21-. The smallest absolute Gasteiger partial charge is 0.449 e. The second-order valence-electron chi connectivity index (χ2n) is 8.15. The lowest BCUT2D eigenvalue weighted by Gasteiger charge is -2.10. The Balaban J connectivity index is 1.20. The molecule has 2 N–H and O–H groups in total. The van der Waals surface area contributed by atoms with E-state index in [1.54, 1.807) is 24.3 Å². The molecule has 1 saturated carbocycles. The summed E-state index contributed by atoms with van der Waals surface area (Å²) >= 11 is 0. The second kappa shape index (κ2) is 12.6. The van der Waals surface area contributed by atoms with Crippen molar-refractivity contribution in [3.63, 3.8) is 0 Å². The first-order chi connectivity index (χ1) is 16.3. The summed E-state index contributed by atoms with van der Waals surface area (Å²) in [4.78, 5) is 23.4. The maximum absolute atomic E-state index is 11.9. The molecule has 0 radical (unpaired) electrons. The molecule has 1 aromatic carbocycles. The maximum Gasteiger partial charge on any atom is 0.513 e. The highest BCUT2D eigenvalue weighted by Gasteiger charge is 2.49. The van der Waals surface area contributed by atoms with Gasteiger partial charge in [-0.25, -0.2) is 14.3 Å². The topological polar surface area (TPSA) is 129 Å². The van der Waals surface area contributed by atoms with Crippen LogP contribution in [0.3, 0.4) is 0 Å². The minimum Gasteiger partial charge on any atom is -0.449 e. The van der Waals surface area contributed by atoms with Gasteiger partial charge in [-0.3, -0.25) is 0 Å². The van der Waals surface area contributed by atoms with Crippen LogP contribution in [-0.2, 0) is 24.4 Å². The van der Waals surface area contributed by atoms with Crippen molar-refractivity contribution in [1.82, 2.24) is 9.44 Å². The van der Waals surface area contributed by atoms with E-state index in [1.807, 2.05) is 11.6 Å². The molecular weight excluding hydrogens is 464 g/mol. The van der Waals surface area contributed by atoms with Gasteiger partial charge in [-0.2, -0.15) is 13.1 Å². The number of amides is 1. The Morgan fingerprint density at radius 3 is 2.35 bits per heavy atom. The molecule has 10 nitrogen and oxygen atoms in total. The molecule has 11 heteroatoms. The molecule has 0 bridgehead atoms. The van der Waals surface area contributed by atoms with Crippen molar-refractivity contribution in [2.45, 2.75) is 32.6 Å². The summed E-state index contributed by atoms with van der Waals surface area (Å²) in [6.07, 6.45) is 1.82. The molecule has 1 aromatic rings. The molecule has 186 valence electrons. The minimum absolute atomic E-state index is 0.0137. The van der Waals surface area contributed by atoms with Crippen LogP contribution >= 0.6 is 0 Å². The number of fused-ring (bicyclic) bond motifs is 1. The number of hydrogen-bond acceptors (Lipinski definition) is 8. The van der Waals surface area contributed by atoms with Gasteiger partial charge >= 0.3 is 22.5 Å². The maximum atomic E-state index is 11.9. The zero-order chi connectivity index (χ0) is 24.4. The van der Waals surface area contributed by atoms with Gasteiger partial charge in [0.25, 0.3) is 0 Å². The average molecular weight is 495 g/mol. The molecule has 1 fully saturated rings. The van der Waals surface area contributed by atoms with Gasteiger partial charge < -0.3 is 18.9 Å². The fourth-order valence-corrected chi connectivity index (χ4v) is 4.60. The van der Waals surface area contributed by atoms with E-state index in [9.17, 15) is 18.0 Å². The van der Waals surface area contributed by atoms with Crippen molar-refractivity contribution < 1.29 is 37.0 Å². The number of carbonyl (C=O) groups is 2. The predicted octanol–water partition coefficient (Wildman–Crippen LogP) is 2.53. The molecule has 0 aliphatic heterocycles. The number of nitrogens with one attached hydrogen (secondary N) is 2. The summed E-state index contributed by atoms with van der Waals surface area (Å²) in [6.45, 7) is 2.04. The van der Waals surface area contributed by atoms with E-state index in [1.165, 1.54) is 0 Å². The zero-order valence-electron chi connectivity index (χ0n) is 19.1. The van der Waals surface area contributed by atoms with Crippen molar-refractivity contribution in [1.29, 1.82) is 0 Å². The van der Waals surface area contributed by atoms with E-state index in [0.717, 1.165) is 31.2 Å². The Morgan fingerprint density at radius 1 is 1.00 bits per heavy atom. The van der Waals surface area contributed by atoms with E-state index in [4.69, 9.17) is 18.9 Å². The Bertz CT molecular complexity index is 982. The quantitative estimate of drug-likeness (QED) is 0.208. The first kappa shape index (κ1) is 25.8. The number of benzene rings is 1. The van der Waals surface area contributed by atoms with Gasteiger partial charge in [0.15, 0.2) is 0 Å². The summed E-state index contributed by atoms with van der Waals surface area (Å²) in [5, 5.41) is 0. The van der Waals surface area contributed by atoms with E-state index < -0.39 is 22.5 Å². The Kier molecular flexibility index (Phi) is 9.56. The third-order valence-electron chi connectivity index (χ3n) is 5.67. The molecule has 0 spiro atoms. The summed E-state index contributed by atoms with van der Waals surface area (Å²) in [6, 6.07) is 6.91. The van der Waals surface area contributed by atoms with Crippen LogP contribution in [-0.4, -0.2) is 53.6 Å². The third-order valence-corrected chi connectivity index (χ3v) is 6.69. The molecule has 0 aromatic heterocycles. The SMILES string of the molecule is Cc1ccc(OC(=O)OCCOCCNS(=O)(=O)NC(=O)OC[C@@H]2[C@@H]3CCC#CCC[C@@H]32)cc1. The van der Waals surface area contributed by atoms with E-state index in [-0.39, 0.29) is 38.9 Å². The van der Waals surface area contributed by atoms with Crippen LogP contribution < -0.4 is 14.2 Å². The molecule has 1 amide bonds. The van der Waals surface area contributed by atoms with Gasteiger partial charge in [0, 0.05) is 19.4 Å². The van der Waals surface area contributed by atoms with Gasteiger partial charge in [-0.1, -0.05) is 17.7 Å². The summed E-state index contributed by atoms with van der Waals surface area (Å²) in [7, 11) is -4.07. The summed E-state index contributed by atoms with van der Waals surface area (Å²) in [5.74, 6) is 7.88. The fraction of sp³-hybridized carbons (Fsp3) is 0.565. The Morgan fingerprint density at radius 2 is 1.68 bits per heavy atom. The lowest BCUT2D eigenvalue weighted by Crippen LogP contribution is -2.42. The van der Waals surface area contributed by atoms with Gasteiger partial charge in [0.05, 0.1) is 19.8 Å². The second-order valence-corrected chi connectivity index (χ2v) is 9.65. The van der Waals surface area contributed by atoms with Gasteiger partial charge in [0.2, 0.25) is 0 Å². The number of hydrogen-bond donors (Lipinski definition) is 2. The number of rotatable bonds is 11. The van der Waals surface area contributed by atoms with E-state index >= 15 is 0 Å². The lowest BCUT2D eigenvalue weighted by molar-refractivity contribution is 0.0538. The molecule has 3 rings (SSSR count). The molecule has 3 atom stereocenters. The lowest BCUT2D eigenvalue weighted by atomic mass is 10.1. The Labute approximate surface area is 199 Å². The summed E-state index contributed by atoms with van der Waals surface area (Å²) < 4.78 is 48.0. The molecule has 0 saturated heterocycles. The van der Waals surface area contributed by atoms with E-state index in [2.05, 4.69) is 16.6 Å². The summed E-state index contributed by atoms with van der Waals surface area (Å²) in [5.41, 5.74) is 1.04. The van der Waals surface area contributed by atoms with Gasteiger partial charge in [-0.05, 0) is 49.7 Å². The number of ether oxygens (including phenoxy) is 4. The first-order valence-corrected chi connectivity index (χ1v) is 12.7. The van der Waals surface area contributed by atoms with Crippen LogP contribution in [0.4, 0.5) is 9.59 Å². The van der Waals surface area contributed by atoms with Crippen molar-refractivity contribution in [3.8, 4) is 17.6 Å².